The maximum atomic E-state index is 15.5. The minimum atomic E-state index is -1.16. The quantitative estimate of drug-likeness (QED) is 0.324. The number of ether oxygens (including phenoxy) is 1. The van der Waals surface area contributed by atoms with Gasteiger partial charge in [-0.2, -0.15) is 0 Å². The third-order valence-corrected chi connectivity index (χ3v) is 7.49. The molecule has 1 saturated heterocycles. The second kappa shape index (κ2) is 9.25. The van der Waals surface area contributed by atoms with Crippen LogP contribution in [0.15, 0.2) is 47.2 Å². The molecule has 5 aromatic heterocycles. The summed E-state index contributed by atoms with van der Waals surface area (Å²) in [7, 11) is 0. The van der Waals surface area contributed by atoms with Crippen molar-refractivity contribution in [1.29, 1.82) is 0 Å². The zero-order chi connectivity index (χ0) is 26.6. The van der Waals surface area contributed by atoms with Crippen LogP contribution in [0, 0.1) is 25.6 Å². The van der Waals surface area contributed by atoms with Gasteiger partial charge in [0.1, 0.15) is 22.8 Å². The summed E-state index contributed by atoms with van der Waals surface area (Å²) in [4.78, 5) is 14.4. The van der Waals surface area contributed by atoms with Crippen LogP contribution in [0.1, 0.15) is 55.6 Å². The summed E-state index contributed by atoms with van der Waals surface area (Å²) in [5.74, 6) is 0.389. The number of nitrogens with zero attached hydrogens (tertiary/aromatic N) is 5. The molecular formula is C29H30FN5O3. The Kier molecular flexibility index (Phi) is 6.00. The van der Waals surface area contributed by atoms with E-state index in [4.69, 9.17) is 19.2 Å². The number of aromatic nitrogens is 5. The number of pyridine rings is 3. The largest absolute Gasteiger partial charge is 0.384 e. The summed E-state index contributed by atoms with van der Waals surface area (Å²) in [5, 5.41) is 15.7. The first-order chi connectivity index (χ1) is 18.2. The first-order valence-electron chi connectivity index (χ1n) is 12.9. The highest BCUT2D eigenvalue weighted by molar-refractivity contribution is 6.05. The van der Waals surface area contributed by atoms with Crippen molar-refractivity contribution in [3.8, 4) is 11.1 Å². The fourth-order valence-electron chi connectivity index (χ4n) is 5.63. The molecule has 6 rings (SSSR count). The van der Waals surface area contributed by atoms with Crippen LogP contribution in [0.4, 0.5) is 4.39 Å². The first kappa shape index (κ1) is 24.6. The SMILES string of the molecule is Cc1noc(C)c1-c1cnc2c3ccc(C(C)(C)O)nc3n(C(c3ncccc3F)C3CCOCC3)c2c1. The molecule has 1 N–H and O–H groups in total. The molecule has 0 saturated carbocycles. The van der Waals surface area contributed by atoms with E-state index in [9.17, 15) is 5.11 Å². The van der Waals surface area contributed by atoms with Gasteiger partial charge in [-0.15, -0.1) is 0 Å². The Morgan fingerprint density at radius 3 is 2.61 bits per heavy atom. The summed E-state index contributed by atoms with van der Waals surface area (Å²) in [5.41, 5.74) is 4.41. The molecule has 1 fully saturated rings. The van der Waals surface area contributed by atoms with E-state index in [2.05, 4.69) is 14.7 Å². The van der Waals surface area contributed by atoms with Crippen LogP contribution >= 0.6 is 0 Å². The third kappa shape index (κ3) is 4.06. The molecule has 0 radical (unpaired) electrons. The molecule has 38 heavy (non-hydrogen) atoms. The van der Waals surface area contributed by atoms with E-state index in [1.165, 1.54) is 6.07 Å². The normalized spacial score (nSPS) is 15.9. The zero-order valence-corrected chi connectivity index (χ0v) is 21.9. The second-order valence-corrected chi connectivity index (χ2v) is 10.6. The number of fused-ring (bicyclic) bond motifs is 3. The summed E-state index contributed by atoms with van der Waals surface area (Å²) < 4.78 is 28.6. The minimum absolute atomic E-state index is 0.0577. The Labute approximate surface area is 219 Å². The lowest BCUT2D eigenvalue weighted by Gasteiger charge is -2.32. The number of aliphatic hydroxyl groups is 1. The Morgan fingerprint density at radius 1 is 1.13 bits per heavy atom. The fraction of sp³-hybridized carbons (Fsp3) is 0.379. The van der Waals surface area contributed by atoms with E-state index in [1.54, 1.807) is 26.1 Å². The van der Waals surface area contributed by atoms with Gasteiger partial charge in [0.25, 0.3) is 0 Å². The molecule has 0 bridgehead atoms. The van der Waals surface area contributed by atoms with Gasteiger partial charge in [0.2, 0.25) is 0 Å². The highest BCUT2D eigenvalue weighted by Gasteiger charge is 2.34. The second-order valence-electron chi connectivity index (χ2n) is 10.6. The maximum Gasteiger partial charge on any atom is 0.146 e. The molecule has 9 heteroatoms. The van der Waals surface area contributed by atoms with E-state index < -0.39 is 11.6 Å². The Bertz CT molecular complexity index is 1630. The van der Waals surface area contributed by atoms with E-state index in [0.717, 1.165) is 46.1 Å². The van der Waals surface area contributed by atoms with Gasteiger partial charge in [-0.3, -0.25) is 9.97 Å². The summed E-state index contributed by atoms with van der Waals surface area (Å²) >= 11 is 0. The monoisotopic (exact) mass is 515 g/mol. The topological polar surface area (TPSA) is 99.1 Å². The summed E-state index contributed by atoms with van der Waals surface area (Å²) in [6, 6.07) is 8.41. The number of rotatable bonds is 5. The van der Waals surface area contributed by atoms with Gasteiger partial charge in [-0.05, 0) is 76.8 Å². The standard InChI is InChI=1S/C29H30FN5O3/c1-16-24(17(2)38-34-16)19-14-22-25(32-15-19)20-7-8-23(29(3,4)36)33-28(20)35(22)27(18-9-12-37-13-10-18)26-21(30)6-5-11-31-26/h5-8,11,14-15,18,27,36H,9-10,12-13H2,1-4H3. The van der Waals surface area contributed by atoms with Crippen molar-refractivity contribution in [2.24, 2.45) is 5.92 Å². The summed E-state index contributed by atoms with van der Waals surface area (Å²) in [6.45, 7) is 8.37. The highest BCUT2D eigenvalue weighted by atomic mass is 19.1. The number of hydrogen-bond acceptors (Lipinski definition) is 7. The maximum absolute atomic E-state index is 15.5. The lowest BCUT2D eigenvalue weighted by Crippen LogP contribution is -2.28. The molecule has 1 aliphatic heterocycles. The Hall–Kier alpha value is -3.69. The van der Waals surface area contributed by atoms with E-state index in [-0.39, 0.29) is 11.7 Å². The van der Waals surface area contributed by atoms with E-state index in [1.807, 2.05) is 38.2 Å². The van der Waals surface area contributed by atoms with E-state index in [0.29, 0.717) is 36.0 Å². The molecule has 196 valence electrons. The van der Waals surface area contributed by atoms with Gasteiger partial charge in [-0.1, -0.05) is 5.16 Å². The van der Waals surface area contributed by atoms with Crippen molar-refractivity contribution in [3.05, 3.63) is 71.4 Å². The van der Waals surface area contributed by atoms with Crippen LogP contribution in [0.25, 0.3) is 33.2 Å². The predicted octanol–water partition coefficient (Wildman–Crippen LogP) is 5.63. The molecular weight excluding hydrogens is 485 g/mol. The average molecular weight is 516 g/mol. The molecule has 5 aromatic rings. The molecule has 6 heterocycles. The fourth-order valence-corrected chi connectivity index (χ4v) is 5.63. The average Bonchev–Trinajstić information content (AvgIpc) is 3.41. The molecule has 1 atom stereocenters. The van der Waals surface area contributed by atoms with Gasteiger partial charge in [0, 0.05) is 42.1 Å². The number of aryl methyl sites for hydroxylation is 2. The molecule has 0 amide bonds. The van der Waals surface area contributed by atoms with Crippen LogP contribution in [0.3, 0.4) is 0 Å². The van der Waals surface area contributed by atoms with Crippen molar-refractivity contribution in [2.45, 2.75) is 52.2 Å². The smallest absolute Gasteiger partial charge is 0.146 e. The van der Waals surface area contributed by atoms with Gasteiger partial charge < -0.3 is 18.9 Å². The highest BCUT2D eigenvalue weighted by Crippen LogP contribution is 2.41. The Morgan fingerprint density at radius 2 is 1.92 bits per heavy atom. The Balaban J connectivity index is 1.71. The van der Waals surface area contributed by atoms with Crippen LogP contribution in [0.2, 0.25) is 0 Å². The lowest BCUT2D eigenvalue weighted by atomic mass is 9.88. The molecule has 0 aliphatic carbocycles. The molecule has 1 aliphatic rings. The van der Waals surface area contributed by atoms with Crippen LogP contribution in [-0.2, 0) is 10.3 Å². The molecule has 8 nitrogen and oxygen atoms in total. The minimum Gasteiger partial charge on any atom is -0.384 e. The molecule has 1 unspecified atom stereocenters. The number of hydrogen-bond donors (Lipinski definition) is 1. The lowest BCUT2D eigenvalue weighted by molar-refractivity contribution is 0.0541. The number of halogens is 1. The molecule has 0 spiro atoms. The van der Waals surface area contributed by atoms with Gasteiger partial charge in [-0.25, -0.2) is 9.37 Å². The predicted molar refractivity (Wildman–Crippen MR) is 141 cm³/mol. The van der Waals surface area contributed by atoms with Crippen LogP contribution in [0.5, 0.6) is 0 Å². The van der Waals surface area contributed by atoms with Crippen molar-refractivity contribution in [1.82, 2.24) is 24.7 Å². The van der Waals surface area contributed by atoms with Crippen molar-refractivity contribution in [2.75, 3.05) is 13.2 Å². The zero-order valence-electron chi connectivity index (χ0n) is 21.9. The van der Waals surface area contributed by atoms with E-state index >= 15 is 4.39 Å². The van der Waals surface area contributed by atoms with Gasteiger partial charge >= 0.3 is 0 Å². The van der Waals surface area contributed by atoms with Crippen molar-refractivity contribution >= 4 is 22.1 Å². The van der Waals surface area contributed by atoms with Crippen molar-refractivity contribution < 1.29 is 18.8 Å². The van der Waals surface area contributed by atoms with Gasteiger partial charge in [0.15, 0.2) is 0 Å². The third-order valence-electron chi connectivity index (χ3n) is 7.49. The van der Waals surface area contributed by atoms with Crippen LogP contribution in [-0.4, -0.2) is 43.0 Å². The first-order valence-corrected chi connectivity index (χ1v) is 12.9. The molecule has 0 aromatic carbocycles. The van der Waals surface area contributed by atoms with Crippen LogP contribution < -0.4 is 0 Å². The van der Waals surface area contributed by atoms with Gasteiger partial charge in [0.05, 0.1) is 34.2 Å². The van der Waals surface area contributed by atoms with Crippen molar-refractivity contribution in [3.63, 3.8) is 0 Å². The summed E-state index contributed by atoms with van der Waals surface area (Å²) in [6.07, 6.45) is 4.95.